The fourth-order valence-electron chi connectivity index (χ4n) is 7.57. The van der Waals surface area contributed by atoms with Crippen molar-refractivity contribution in [3.05, 3.63) is 107 Å². The molecule has 5 unspecified atom stereocenters. The van der Waals surface area contributed by atoms with Crippen molar-refractivity contribution < 1.29 is 84.7 Å². The fourth-order valence-corrected chi connectivity index (χ4v) is 10.8. The Kier molecular flexibility index (Phi) is 16.2. The van der Waals surface area contributed by atoms with Gasteiger partial charge in [0.15, 0.2) is 5.78 Å². The molecule has 7 rings (SSSR count). The predicted molar refractivity (Wildman–Crippen MR) is 244 cm³/mol. The number of hydrogen-bond acceptors (Lipinski definition) is 17. The summed E-state index contributed by atoms with van der Waals surface area (Å²) in [5.74, 6) is -3.43. The molecule has 1 aliphatic rings. The minimum Gasteiger partial charge on any atom is -0.418 e. The van der Waals surface area contributed by atoms with Crippen LogP contribution in [0.15, 0.2) is 91.0 Å². The van der Waals surface area contributed by atoms with Crippen molar-refractivity contribution >= 4 is 102 Å². The highest BCUT2D eigenvalue weighted by Gasteiger charge is 2.41. The number of Topliss-reactive ketones (excluding diaryl/α,β-unsaturated/α-hetero) is 1. The highest BCUT2D eigenvalue weighted by Crippen LogP contribution is 2.48. The largest absolute Gasteiger partial charge is 0.472 e. The van der Waals surface area contributed by atoms with E-state index in [1.165, 1.54) is 23.6 Å². The van der Waals surface area contributed by atoms with E-state index in [9.17, 15) is 58.0 Å². The lowest BCUT2D eigenvalue weighted by Gasteiger charge is -2.20. The molecule has 1 saturated heterocycles. The number of likely N-dealkylation sites (tertiary alicyclic amines) is 1. The monoisotopic (exact) mass is 1000 g/mol. The molecular weight excluding hydrogens is 961 g/mol. The molecule has 1 aliphatic heterocycles. The standard InChI is InChI=1S/C42H43N2O19P3S/c45-25-27(22-29-14-15-34-32-10-4-7-28-6-3-9-31(39(28)32)33-11-5-8-30(29)40(33)34)26-62-66(55,56)60-19-18-58-64(51,52)57-16-17-59-65(53,54)61-20-21-67-41-36(46)23-43(42(41)48)24-38(47)63-37-13-2-1-12-35(37)44(49)50/h1-15,27,41,45H,16-26H2,(H,51,52)(H,53,54)(H,55,56). The third kappa shape index (κ3) is 12.5. The number of thioether (sulfide) groups is 1. The molecule has 0 aromatic heterocycles. The first kappa shape index (κ1) is 50.2. The zero-order chi connectivity index (χ0) is 47.9. The number of ketones is 1. The lowest BCUT2D eigenvalue weighted by atomic mass is 9.87. The van der Waals surface area contributed by atoms with Crippen molar-refractivity contribution in [3.8, 4) is 5.75 Å². The maximum atomic E-state index is 12.7. The van der Waals surface area contributed by atoms with Crippen molar-refractivity contribution in [2.75, 3.05) is 65.1 Å². The van der Waals surface area contributed by atoms with Crippen molar-refractivity contribution in [1.82, 2.24) is 4.90 Å². The van der Waals surface area contributed by atoms with Crippen LogP contribution in [0.5, 0.6) is 5.75 Å². The number of ether oxygens (including phenoxy) is 1. The topological polar surface area (TPSA) is 294 Å². The van der Waals surface area contributed by atoms with Gasteiger partial charge in [-0.2, -0.15) is 0 Å². The Morgan fingerprint density at radius 2 is 1.25 bits per heavy atom. The van der Waals surface area contributed by atoms with E-state index in [1.54, 1.807) is 0 Å². The van der Waals surface area contributed by atoms with Gasteiger partial charge in [0, 0.05) is 24.3 Å². The maximum absolute atomic E-state index is 12.7. The second-order valence-corrected chi connectivity index (χ2v) is 20.5. The van der Waals surface area contributed by atoms with Crippen LogP contribution in [-0.4, -0.2) is 118 Å². The SMILES string of the molecule is O=C(CN1CC(=O)C(SCCOP(=O)(O)OCCOP(=O)(O)OCCOP(=O)(O)OCC(CO)Cc2ccc3c4cccc5cccc(c6cccc2c63)c54)C1=O)Oc1ccccc1[N+](=O)[O-]. The molecule has 67 heavy (non-hydrogen) atoms. The fraction of sp³-hybridized carbons (Fsp3) is 0.310. The first-order valence-corrected chi connectivity index (χ1v) is 25.9. The average molecular weight is 1000 g/mol. The van der Waals surface area contributed by atoms with E-state index in [1.807, 2.05) is 36.4 Å². The molecule has 0 aliphatic carbocycles. The van der Waals surface area contributed by atoms with Gasteiger partial charge in [-0.25, -0.2) is 18.5 Å². The Balaban J connectivity index is 0.781. The van der Waals surface area contributed by atoms with Gasteiger partial charge >= 0.3 is 35.1 Å². The van der Waals surface area contributed by atoms with E-state index in [0.29, 0.717) is 6.42 Å². The van der Waals surface area contributed by atoms with Crippen LogP contribution in [0.3, 0.4) is 0 Å². The summed E-state index contributed by atoms with van der Waals surface area (Å²) in [7, 11) is -14.3. The molecule has 0 spiro atoms. The summed E-state index contributed by atoms with van der Waals surface area (Å²) < 4.78 is 71.2. The number of para-hydroxylation sites is 2. The lowest BCUT2D eigenvalue weighted by Crippen LogP contribution is -2.35. The molecule has 0 radical (unpaired) electrons. The Morgan fingerprint density at radius 3 is 1.87 bits per heavy atom. The summed E-state index contributed by atoms with van der Waals surface area (Å²) in [5, 5.41) is 28.9. The molecule has 21 nitrogen and oxygen atoms in total. The second-order valence-electron chi connectivity index (χ2n) is 14.9. The number of carbonyl (C=O) groups excluding carboxylic acids is 3. The van der Waals surface area contributed by atoms with E-state index >= 15 is 0 Å². The third-order valence-corrected chi connectivity index (χ3v) is 14.7. The Bertz CT molecular complexity index is 2910. The molecule has 6 aromatic carbocycles. The number of aliphatic hydroxyl groups is 1. The predicted octanol–water partition coefficient (Wildman–Crippen LogP) is 6.32. The first-order chi connectivity index (χ1) is 32.0. The van der Waals surface area contributed by atoms with Gasteiger partial charge < -0.3 is 29.4 Å². The van der Waals surface area contributed by atoms with Crippen molar-refractivity contribution in [2.24, 2.45) is 5.92 Å². The van der Waals surface area contributed by atoms with Crippen LogP contribution in [0.4, 0.5) is 5.69 Å². The van der Waals surface area contributed by atoms with Gasteiger partial charge in [0.05, 0.1) is 51.1 Å². The van der Waals surface area contributed by atoms with Crippen LogP contribution in [0.25, 0.3) is 43.1 Å². The third-order valence-electron chi connectivity index (χ3n) is 10.4. The summed E-state index contributed by atoms with van der Waals surface area (Å²) in [6.45, 7) is -5.21. The number of nitro groups is 1. The number of nitro benzene ring substituents is 1. The number of aliphatic hydroxyl groups excluding tert-OH is 1. The smallest absolute Gasteiger partial charge is 0.418 e. The number of phosphoric acid groups is 3. The Hall–Kier alpha value is -4.73. The molecule has 5 atom stereocenters. The lowest BCUT2D eigenvalue weighted by molar-refractivity contribution is -0.385. The number of amides is 1. The molecule has 6 aromatic rings. The van der Waals surface area contributed by atoms with Crippen molar-refractivity contribution in [2.45, 2.75) is 11.7 Å². The van der Waals surface area contributed by atoms with E-state index in [0.717, 1.165) is 66.0 Å². The second kappa shape index (κ2) is 21.7. The van der Waals surface area contributed by atoms with Gasteiger partial charge in [0.25, 0.3) is 0 Å². The number of rotatable bonds is 25. The summed E-state index contributed by atoms with van der Waals surface area (Å²) in [4.78, 5) is 79.1. The van der Waals surface area contributed by atoms with Gasteiger partial charge in [-0.15, -0.1) is 11.8 Å². The van der Waals surface area contributed by atoms with Crippen molar-refractivity contribution in [3.63, 3.8) is 0 Å². The van der Waals surface area contributed by atoms with Crippen molar-refractivity contribution in [1.29, 1.82) is 0 Å². The minimum atomic E-state index is -4.82. The molecular formula is C42H43N2O19P3S. The zero-order valence-electron chi connectivity index (χ0n) is 35.2. The number of phosphoric ester groups is 3. The summed E-state index contributed by atoms with van der Waals surface area (Å²) in [6.07, 6.45) is 0.305. The number of hydrogen-bond donors (Lipinski definition) is 4. The van der Waals surface area contributed by atoms with E-state index in [2.05, 4.69) is 34.9 Å². The number of fused-ring (bicyclic) bond motifs is 2. The summed E-state index contributed by atoms with van der Waals surface area (Å²) in [6, 6.07) is 27.6. The van der Waals surface area contributed by atoms with E-state index in [-0.39, 0.29) is 24.7 Å². The highest BCUT2D eigenvalue weighted by molar-refractivity contribution is 8.01. The van der Waals surface area contributed by atoms with E-state index < -0.39 is 109 Å². The van der Waals surface area contributed by atoms with Gasteiger partial charge in [-0.05, 0) is 61.1 Å². The molecule has 356 valence electrons. The zero-order valence-corrected chi connectivity index (χ0v) is 38.6. The highest BCUT2D eigenvalue weighted by atomic mass is 32.2. The van der Waals surface area contributed by atoms with Gasteiger partial charge in [0.1, 0.15) is 11.8 Å². The van der Waals surface area contributed by atoms with Gasteiger partial charge in [-0.1, -0.05) is 78.9 Å². The number of carbonyl (C=O) groups is 3. The maximum Gasteiger partial charge on any atom is 0.472 e. The van der Waals surface area contributed by atoms with Crippen LogP contribution >= 0.6 is 35.2 Å². The summed E-state index contributed by atoms with van der Waals surface area (Å²) in [5.41, 5.74) is 0.433. The van der Waals surface area contributed by atoms with Crippen LogP contribution in [-0.2, 0) is 61.6 Å². The molecule has 1 amide bonds. The molecule has 0 bridgehead atoms. The quantitative estimate of drug-likeness (QED) is 0.00562. The van der Waals surface area contributed by atoms with Crippen LogP contribution < -0.4 is 4.74 Å². The number of benzene rings is 6. The van der Waals surface area contributed by atoms with Crippen LogP contribution in [0, 0.1) is 16.0 Å². The first-order valence-electron chi connectivity index (χ1n) is 20.4. The molecule has 25 heteroatoms. The molecule has 1 heterocycles. The Morgan fingerprint density at radius 1 is 0.716 bits per heavy atom. The number of esters is 1. The minimum absolute atomic E-state index is 0.156. The van der Waals surface area contributed by atoms with Crippen LogP contribution in [0.2, 0.25) is 0 Å². The van der Waals surface area contributed by atoms with E-state index in [4.69, 9.17) is 27.4 Å². The molecule has 4 N–H and O–H groups in total. The van der Waals surface area contributed by atoms with Crippen LogP contribution in [0.1, 0.15) is 5.56 Å². The summed E-state index contributed by atoms with van der Waals surface area (Å²) >= 11 is 0.763. The molecule has 0 saturated carbocycles. The Labute approximate surface area is 385 Å². The van der Waals surface area contributed by atoms with Gasteiger partial charge in [0.2, 0.25) is 11.7 Å². The normalized spacial score (nSPS) is 17.6. The number of nitrogens with zero attached hydrogens (tertiary/aromatic N) is 2. The average Bonchev–Trinajstić information content (AvgIpc) is 3.56. The van der Waals surface area contributed by atoms with Gasteiger partial charge in [-0.3, -0.25) is 46.8 Å². The molecule has 1 fully saturated rings.